The van der Waals surface area contributed by atoms with Crippen molar-refractivity contribution in [3.63, 3.8) is 0 Å². The second-order valence-corrected chi connectivity index (χ2v) is 20.6. The summed E-state index contributed by atoms with van der Waals surface area (Å²) in [7, 11) is 3.92. The summed E-state index contributed by atoms with van der Waals surface area (Å²) in [5, 5.41) is 0. The summed E-state index contributed by atoms with van der Waals surface area (Å²) in [6.45, 7) is 0. The Hall–Kier alpha value is 0.468. The molecule has 0 heterocycles. The molecule has 164 valence electrons. The third-order valence-corrected chi connectivity index (χ3v) is 24.2. The molecule has 14 heteroatoms. The second-order valence-electron chi connectivity index (χ2n) is 5.80. The summed E-state index contributed by atoms with van der Waals surface area (Å²) in [4.78, 5) is 0. The highest BCUT2D eigenvalue weighted by molar-refractivity contribution is 6.99. The molecule has 0 aromatic carbocycles. The van der Waals surface area contributed by atoms with E-state index in [9.17, 15) is 0 Å². The van der Waals surface area contributed by atoms with Crippen LogP contribution in [0.5, 0.6) is 0 Å². The average Bonchev–Trinajstić information content (AvgIpc) is 2.74. The monoisotopic (exact) mass is 464 g/mol. The van der Waals surface area contributed by atoms with Gasteiger partial charge in [-0.25, -0.2) is 0 Å². The molecule has 0 saturated heterocycles. The lowest BCUT2D eigenvalue weighted by Crippen LogP contribution is -2.63. The molecule has 0 atom stereocenters. The Morgan fingerprint density at radius 1 is 0.333 bits per heavy atom. The minimum atomic E-state index is -3.00. The maximum atomic E-state index is 6.14. The smallest absolute Gasteiger partial charge is 0.420 e. The van der Waals surface area contributed by atoms with Gasteiger partial charge in [0.05, 0.1) is 0 Å². The first-order chi connectivity index (χ1) is 12.7. The van der Waals surface area contributed by atoms with Crippen molar-refractivity contribution < 1.29 is 44.3 Å². The Bertz CT molecular complexity index is 325. The van der Waals surface area contributed by atoms with Crippen LogP contribution in [0.25, 0.3) is 0 Å². The van der Waals surface area contributed by atoms with Crippen LogP contribution in [0.4, 0.5) is 0 Å². The third kappa shape index (κ3) is 6.75. The van der Waals surface area contributed by atoms with Crippen molar-refractivity contribution >= 4 is 34.7 Å². The van der Waals surface area contributed by atoms with Crippen molar-refractivity contribution in [3.05, 3.63) is 0 Å². The molecule has 0 radical (unpaired) electrons. The fraction of sp³-hybridized carbons (Fsp3) is 1.00. The van der Waals surface area contributed by atoms with E-state index in [1.807, 2.05) is 0 Å². The van der Waals surface area contributed by atoms with Gasteiger partial charge in [0.15, 0.2) is 0 Å². The maximum Gasteiger partial charge on any atom is 0.499 e. The summed E-state index contributed by atoms with van der Waals surface area (Å²) in [5.74, 6) is 0. The van der Waals surface area contributed by atoms with Gasteiger partial charge in [0.2, 0.25) is 8.32 Å². The van der Waals surface area contributed by atoms with Crippen LogP contribution in [0.3, 0.4) is 0 Å². The molecular weight excluding hydrogens is 428 g/mol. The Morgan fingerprint density at radius 3 is 0.630 bits per heavy atom. The maximum absolute atomic E-state index is 6.14. The van der Waals surface area contributed by atoms with Crippen LogP contribution < -0.4 is 0 Å². The average molecular weight is 465 g/mol. The number of hydrogen-bond donors (Lipinski definition) is 0. The number of rotatable bonds is 16. The summed E-state index contributed by atoms with van der Waals surface area (Å²) >= 11 is 0. The predicted octanol–water partition coefficient (Wildman–Crippen LogP) is 0.830. The van der Waals surface area contributed by atoms with Gasteiger partial charge < -0.3 is 44.3 Å². The summed E-state index contributed by atoms with van der Waals surface area (Å²) < 4.78 is 57.1. The fourth-order valence-corrected chi connectivity index (χ4v) is 25.8. The second kappa shape index (κ2) is 12.2. The van der Waals surface area contributed by atoms with Gasteiger partial charge in [-0.2, -0.15) is 0 Å². The molecular formula is C13H36O10Si4. The Kier molecular flexibility index (Phi) is 12.4. The molecule has 0 N–H and O–H groups in total. The lowest BCUT2D eigenvalue weighted by atomic mass is 11.7. The topological polar surface area (TPSA) is 92.3 Å². The van der Waals surface area contributed by atoms with Gasteiger partial charge in [0, 0.05) is 88.1 Å². The molecule has 0 unspecified atom stereocenters. The highest BCUT2D eigenvalue weighted by Crippen LogP contribution is 2.37. The van der Waals surface area contributed by atoms with E-state index in [0.717, 1.165) is 0 Å². The first kappa shape index (κ1) is 27.5. The lowest BCUT2D eigenvalue weighted by Gasteiger charge is -2.41. The van der Waals surface area contributed by atoms with Crippen molar-refractivity contribution in [2.24, 2.45) is 0 Å². The quantitative estimate of drug-likeness (QED) is 0.306. The zero-order valence-electron chi connectivity index (χ0n) is 18.2. The predicted molar refractivity (Wildman–Crippen MR) is 108 cm³/mol. The van der Waals surface area contributed by atoms with Gasteiger partial charge in [0.1, 0.15) is 0 Å². The zero-order chi connectivity index (χ0) is 21.2. The van der Waals surface area contributed by atoms with Gasteiger partial charge in [-0.05, 0) is 0 Å². The summed E-state index contributed by atoms with van der Waals surface area (Å²) in [6.07, 6.45) is 0. The molecule has 0 rings (SSSR count). The van der Waals surface area contributed by atoms with Gasteiger partial charge in [-0.1, -0.05) is 0 Å². The van der Waals surface area contributed by atoms with E-state index in [4.69, 9.17) is 44.3 Å². The van der Waals surface area contributed by atoms with Crippen molar-refractivity contribution in [3.8, 4) is 0 Å². The molecule has 0 fully saturated rings. The van der Waals surface area contributed by atoms with Crippen LogP contribution in [0.15, 0.2) is 0 Å². The van der Waals surface area contributed by atoms with Crippen molar-refractivity contribution in [2.45, 2.75) is 17.0 Å². The molecule has 0 spiro atoms. The third-order valence-electron chi connectivity index (χ3n) is 4.85. The Labute approximate surface area is 167 Å². The van der Waals surface area contributed by atoms with Crippen LogP contribution in [0, 0.1) is 0 Å². The SMILES string of the molecule is CO[Si](C[Si](OC)(OC)OC)(C[Si](OC)(OC)OC)C[Si](OC)(OC)OC. The molecule has 27 heavy (non-hydrogen) atoms. The van der Waals surface area contributed by atoms with E-state index >= 15 is 0 Å². The molecule has 0 bridgehead atoms. The lowest BCUT2D eigenvalue weighted by molar-refractivity contribution is 0.119. The van der Waals surface area contributed by atoms with Crippen molar-refractivity contribution in [2.75, 3.05) is 71.1 Å². The van der Waals surface area contributed by atoms with Gasteiger partial charge in [0.25, 0.3) is 0 Å². The number of hydrogen-bond acceptors (Lipinski definition) is 10. The van der Waals surface area contributed by atoms with E-state index < -0.39 is 34.7 Å². The van der Waals surface area contributed by atoms with Gasteiger partial charge >= 0.3 is 26.4 Å². The molecule has 0 aromatic rings. The Morgan fingerprint density at radius 2 is 0.519 bits per heavy atom. The molecule has 10 nitrogen and oxygen atoms in total. The van der Waals surface area contributed by atoms with E-state index in [0.29, 0.717) is 17.0 Å². The van der Waals surface area contributed by atoms with E-state index in [1.54, 1.807) is 71.1 Å². The molecule has 0 amide bonds. The molecule has 0 aromatic heterocycles. The molecule has 0 saturated carbocycles. The van der Waals surface area contributed by atoms with Crippen molar-refractivity contribution in [1.29, 1.82) is 0 Å². The van der Waals surface area contributed by atoms with Crippen LogP contribution in [-0.2, 0) is 44.3 Å². The minimum absolute atomic E-state index is 0.426. The Balaban J connectivity index is 6.23. The van der Waals surface area contributed by atoms with E-state index in [2.05, 4.69) is 0 Å². The summed E-state index contributed by atoms with van der Waals surface area (Å²) in [5.41, 5.74) is 1.28. The van der Waals surface area contributed by atoms with Crippen LogP contribution in [0.2, 0.25) is 17.0 Å². The molecule has 0 aliphatic heterocycles. The standard InChI is InChI=1S/C13H36O10Si4/c1-14-24(11-25(15-2,16-3)17-4,12-26(18-5,19-6)20-7)13-27(21-8,22-9)23-10/h11-13H2,1-10H3. The zero-order valence-corrected chi connectivity index (χ0v) is 22.2. The van der Waals surface area contributed by atoms with Gasteiger partial charge in [-0.3, -0.25) is 0 Å². The van der Waals surface area contributed by atoms with Crippen LogP contribution >= 0.6 is 0 Å². The minimum Gasteiger partial charge on any atom is -0.420 e. The van der Waals surface area contributed by atoms with Gasteiger partial charge in [-0.15, -0.1) is 0 Å². The fourth-order valence-electron chi connectivity index (χ4n) is 2.99. The first-order valence-corrected chi connectivity index (χ1v) is 16.6. The van der Waals surface area contributed by atoms with E-state index in [-0.39, 0.29) is 0 Å². The van der Waals surface area contributed by atoms with E-state index in [1.165, 1.54) is 0 Å². The van der Waals surface area contributed by atoms with Crippen molar-refractivity contribution in [1.82, 2.24) is 0 Å². The highest BCUT2D eigenvalue weighted by atomic mass is 28.5. The summed E-state index contributed by atoms with van der Waals surface area (Å²) in [6, 6.07) is 0. The highest BCUT2D eigenvalue weighted by Gasteiger charge is 2.61. The largest absolute Gasteiger partial charge is 0.499 e. The normalized spacial score (nSPS) is 14.0. The van der Waals surface area contributed by atoms with Crippen LogP contribution in [-0.4, -0.2) is 106 Å². The molecule has 0 aliphatic carbocycles. The molecule has 0 aliphatic rings. The first-order valence-electron chi connectivity index (χ1n) is 8.25. The van der Waals surface area contributed by atoms with Crippen LogP contribution in [0.1, 0.15) is 0 Å².